The molecule has 0 amide bonds. The van der Waals surface area contributed by atoms with Gasteiger partial charge in [-0.25, -0.2) is 9.97 Å². The van der Waals surface area contributed by atoms with Crippen molar-refractivity contribution in [3.8, 4) is 0 Å². The zero-order valence-electron chi connectivity index (χ0n) is 12.0. The van der Waals surface area contributed by atoms with Gasteiger partial charge < -0.3 is 10.6 Å². The Hall–Kier alpha value is -1.89. The van der Waals surface area contributed by atoms with E-state index in [2.05, 4.69) is 20.6 Å². The third-order valence-corrected chi connectivity index (χ3v) is 3.92. The van der Waals surface area contributed by atoms with Crippen molar-refractivity contribution < 1.29 is 13.2 Å². The van der Waals surface area contributed by atoms with Crippen LogP contribution < -0.4 is 10.6 Å². The zero-order valence-corrected chi connectivity index (χ0v) is 12.0. The number of rotatable bonds is 3. The summed E-state index contributed by atoms with van der Waals surface area (Å²) in [6.45, 7) is 2.78. The van der Waals surface area contributed by atoms with Crippen LogP contribution in [0.1, 0.15) is 18.5 Å². The maximum atomic E-state index is 12.7. The van der Waals surface area contributed by atoms with Crippen LogP contribution in [-0.2, 0) is 6.18 Å². The van der Waals surface area contributed by atoms with E-state index in [1.54, 1.807) is 0 Å². The molecule has 2 aromatic heterocycles. The van der Waals surface area contributed by atoms with Crippen molar-refractivity contribution in [2.45, 2.75) is 19.0 Å². The summed E-state index contributed by atoms with van der Waals surface area (Å²) in [4.78, 5) is 7.92. The second-order valence-corrected chi connectivity index (χ2v) is 5.49. The molecule has 7 heteroatoms. The van der Waals surface area contributed by atoms with Crippen molar-refractivity contribution in [1.29, 1.82) is 0 Å². The molecule has 0 saturated carbocycles. The highest BCUT2D eigenvalue weighted by Gasteiger charge is 2.32. The van der Waals surface area contributed by atoms with Crippen LogP contribution in [0.3, 0.4) is 0 Å². The van der Waals surface area contributed by atoms with Crippen LogP contribution in [0.5, 0.6) is 0 Å². The number of nitrogens with one attached hydrogen (secondary N) is 2. The minimum absolute atomic E-state index is 0.303. The number of nitrogens with zero attached hydrogens (tertiary/aromatic N) is 2. The van der Waals surface area contributed by atoms with Gasteiger partial charge in [0.1, 0.15) is 11.5 Å². The van der Waals surface area contributed by atoms with Crippen LogP contribution in [0.15, 0.2) is 24.4 Å². The Morgan fingerprint density at radius 3 is 2.68 bits per heavy atom. The molecular weight excluding hydrogens is 293 g/mol. The molecule has 118 valence electrons. The Labute approximate surface area is 126 Å². The monoisotopic (exact) mass is 310 g/mol. The topological polar surface area (TPSA) is 49.8 Å². The first-order valence-corrected chi connectivity index (χ1v) is 7.31. The SMILES string of the molecule is FC(F)(F)c1ccc2c(NCC3CCNCC3)nccc2n1. The average Bonchev–Trinajstić information content (AvgIpc) is 2.52. The van der Waals surface area contributed by atoms with Gasteiger partial charge in [0, 0.05) is 18.1 Å². The van der Waals surface area contributed by atoms with E-state index in [1.807, 2.05) is 0 Å². The van der Waals surface area contributed by atoms with Crippen molar-refractivity contribution in [3.63, 3.8) is 0 Å². The van der Waals surface area contributed by atoms with Crippen LogP contribution in [-0.4, -0.2) is 29.6 Å². The molecule has 4 nitrogen and oxygen atoms in total. The Kier molecular flexibility index (Phi) is 4.15. The molecule has 1 aliphatic rings. The van der Waals surface area contributed by atoms with Gasteiger partial charge in [-0.1, -0.05) is 0 Å². The van der Waals surface area contributed by atoms with Crippen LogP contribution in [0.2, 0.25) is 0 Å². The molecule has 3 heterocycles. The average molecular weight is 310 g/mol. The first-order valence-electron chi connectivity index (χ1n) is 7.31. The number of pyridine rings is 2. The number of piperidine rings is 1. The van der Waals surface area contributed by atoms with Gasteiger partial charge in [0.25, 0.3) is 0 Å². The van der Waals surface area contributed by atoms with E-state index in [9.17, 15) is 13.2 Å². The van der Waals surface area contributed by atoms with Crippen molar-refractivity contribution in [2.24, 2.45) is 5.92 Å². The molecule has 2 N–H and O–H groups in total. The summed E-state index contributed by atoms with van der Waals surface area (Å²) in [5.74, 6) is 1.15. The molecule has 0 aliphatic carbocycles. The zero-order chi connectivity index (χ0) is 15.6. The predicted molar refractivity (Wildman–Crippen MR) is 78.6 cm³/mol. The quantitative estimate of drug-likeness (QED) is 0.915. The summed E-state index contributed by atoms with van der Waals surface area (Å²) < 4.78 is 38.1. The fraction of sp³-hybridized carbons (Fsp3) is 0.467. The summed E-state index contributed by atoms with van der Waals surface area (Å²) >= 11 is 0. The van der Waals surface area contributed by atoms with E-state index in [0.717, 1.165) is 38.5 Å². The Balaban J connectivity index is 1.81. The summed E-state index contributed by atoms with van der Waals surface area (Å²) in [7, 11) is 0. The normalized spacial score (nSPS) is 16.9. The fourth-order valence-corrected chi connectivity index (χ4v) is 2.68. The molecule has 2 aromatic rings. The number of hydrogen-bond acceptors (Lipinski definition) is 4. The third-order valence-electron chi connectivity index (χ3n) is 3.92. The number of alkyl halides is 3. The van der Waals surface area contributed by atoms with E-state index in [4.69, 9.17) is 0 Å². The molecule has 0 spiro atoms. The maximum absolute atomic E-state index is 12.7. The Bertz CT molecular complexity index is 651. The smallest absolute Gasteiger partial charge is 0.369 e. The fourth-order valence-electron chi connectivity index (χ4n) is 2.68. The molecule has 1 saturated heterocycles. The van der Waals surface area contributed by atoms with Crippen LogP contribution in [0.25, 0.3) is 10.9 Å². The Morgan fingerprint density at radius 1 is 1.18 bits per heavy atom. The standard InChI is InChI=1S/C15H17F3N4/c16-15(17,18)13-2-1-11-12(22-13)5-8-20-14(11)21-9-10-3-6-19-7-4-10/h1-2,5,8,10,19H,3-4,6-7,9H2,(H,20,21). The molecule has 0 radical (unpaired) electrons. The van der Waals surface area contributed by atoms with E-state index < -0.39 is 11.9 Å². The molecule has 3 rings (SSSR count). The van der Waals surface area contributed by atoms with Gasteiger partial charge in [-0.2, -0.15) is 13.2 Å². The Morgan fingerprint density at radius 2 is 1.95 bits per heavy atom. The second kappa shape index (κ2) is 6.08. The van der Waals surface area contributed by atoms with E-state index in [1.165, 1.54) is 18.3 Å². The minimum atomic E-state index is -4.43. The first-order chi connectivity index (χ1) is 10.5. The number of hydrogen-bond donors (Lipinski definition) is 2. The summed E-state index contributed by atoms with van der Waals surface area (Å²) in [5.41, 5.74) is -0.576. The van der Waals surface area contributed by atoms with Crippen molar-refractivity contribution >= 4 is 16.7 Å². The van der Waals surface area contributed by atoms with Gasteiger partial charge in [-0.05, 0) is 50.0 Å². The molecule has 1 fully saturated rings. The van der Waals surface area contributed by atoms with Crippen molar-refractivity contribution in [1.82, 2.24) is 15.3 Å². The van der Waals surface area contributed by atoms with Crippen LogP contribution in [0, 0.1) is 5.92 Å². The highest BCUT2D eigenvalue weighted by Crippen LogP contribution is 2.30. The third kappa shape index (κ3) is 3.30. The number of aromatic nitrogens is 2. The number of fused-ring (bicyclic) bond motifs is 1. The van der Waals surface area contributed by atoms with E-state index in [-0.39, 0.29) is 0 Å². The summed E-state index contributed by atoms with van der Waals surface area (Å²) in [5, 5.41) is 7.17. The van der Waals surface area contributed by atoms with E-state index >= 15 is 0 Å². The first kappa shape index (κ1) is 15.0. The van der Waals surface area contributed by atoms with Crippen LogP contribution >= 0.6 is 0 Å². The molecule has 0 unspecified atom stereocenters. The van der Waals surface area contributed by atoms with E-state index in [0.29, 0.717) is 22.6 Å². The highest BCUT2D eigenvalue weighted by atomic mass is 19.4. The molecule has 0 aromatic carbocycles. The largest absolute Gasteiger partial charge is 0.433 e. The summed E-state index contributed by atoms with van der Waals surface area (Å²) in [6.07, 6.45) is -0.761. The number of anilines is 1. The molecule has 0 atom stereocenters. The minimum Gasteiger partial charge on any atom is -0.369 e. The van der Waals surface area contributed by atoms with Gasteiger partial charge in [0.05, 0.1) is 5.52 Å². The highest BCUT2D eigenvalue weighted by molar-refractivity contribution is 5.89. The lowest BCUT2D eigenvalue weighted by atomic mass is 9.98. The molecular formula is C15H17F3N4. The van der Waals surface area contributed by atoms with Crippen molar-refractivity contribution in [3.05, 3.63) is 30.1 Å². The van der Waals surface area contributed by atoms with Gasteiger partial charge in [-0.15, -0.1) is 0 Å². The lowest BCUT2D eigenvalue weighted by Gasteiger charge is -2.23. The van der Waals surface area contributed by atoms with Gasteiger partial charge in [0.15, 0.2) is 0 Å². The predicted octanol–water partition coefficient (Wildman–Crippen LogP) is 3.06. The second-order valence-electron chi connectivity index (χ2n) is 5.49. The molecule has 22 heavy (non-hydrogen) atoms. The van der Waals surface area contributed by atoms with Crippen molar-refractivity contribution in [2.75, 3.05) is 25.0 Å². The van der Waals surface area contributed by atoms with Gasteiger partial charge >= 0.3 is 6.18 Å². The molecule has 0 bridgehead atoms. The van der Waals surface area contributed by atoms with Crippen LogP contribution in [0.4, 0.5) is 19.0 Å². The number of halogens is 3. The molecule has 1 aliphatic heterocycles. The summed E-state index contributed by atoms with van der Waals surface area (Å²) in [6, 6.07) is 3.93. The maximum Gasteiger partial charge on any atom is 0.433 e. The lowest BCUT2D eigenvalue weighted by Crippen LogP contribution is -2.31. The van der Waals surface area contributed by atoms with Gasteiger partial charge in [0.2, 0.25) is 0 Å². The lowest BCUT2D eigenvalue weighted by molar-refractivity contribution is -0.140. The van der Waals surface area contributed by atoms with Gasteiger partial charge in [-0.3, -0.25) is 0 Å².